The lowest BCUT2D eigenvalue weighted by Gasteiger charge is -2.51. The molecule has 4 rings (SSSR count). The van der Waals surface area contributed by atoms with Crippen LogP contribution in [0.3, 0.4) is 0 Å². The number of ether oxygens (including phenoxy) is 3. The van der Waals surface area contributed by atoms with E-state index in [4.69, 9.17) is 14.2 Å². The van der Waals surface area contributed by atoms with Crippen molar-refractivity contribution in [3.8, 4) is 17.0 Å². The topological polar surface area (TPSA) is 104 Å². The molecule has 0 bridgehead atoms. The van der Waals surface area contributed by atoms with Gasteiger partial charge in [0.05, 0.1) is 12.7 Å². The third kappa shape index (κ3) is 3.68. The maximum Gasteiger partial charge on any atom is 0.407 e. The number of nitrogens with zero attached hydrogens (tertiary/aromatic N) is 1. The minimum Gasteiger partial charge on any atom is -0.618 e. The molecule has 1 aromatic heterocycles. The number of fused-ring (bicyclic) bond motifs is 1. The molecule has 8 heteroatoms. The molecule has 1 aliphatic heterocycles. The molecule has 3 atom stereocenters. The number of carbonyl (C=O) groups is 1. The van der Waals surface area contributed by atoms with Crippen molar-refractivity contribution in [2.45, 2.75) is 51.3 Å². The molecule has 160 valence electrons. The van der Waals surface area contributed by atoms with Gasteiger partial charge in [-0.2, -0.15) is 4.73 Å². The maximum atomic E-state index is 12.1. The van der Waals surface area contributed by atoms with E-state index in [0.717, 1.165) is 15.9 Å². The largest absolute Gasteiger partial charge is 0.618 e. The summed E-state index contributed by atoms with van der Waals surface area (Å²) in [5.74, 6) is -0.721. The number of rotatable bonds is 2. The first kappa shape index (κ1) is 20.4. The molecule has 1 aromatic carbocycles. The molecule has 2 heterocycles. The smallest absolute Gasteiger partial charge is 0.407 e. The first-order valence-electron chi connectivity index (χ1n) is 9.94. The van der Waals surface area contributed by atoms with E-state index in [9.17, 15) is 15.1 Å². The van der Waals surface area contributed by atoms with Crippen molar-refractivity contribution < 1.29 is 28.8 Å². The van der Waals surface area contributed by atoms with E-state index in [1.165, 1.54) is 13.2 Å². The zero-order chi connectivity index (χ0) is 21.5. The van der Waals surface area contributed by atoms with E-state index in [1.807, 2.05) is 19.9 Å². The number of aliphatic hydroxyl groups is 1. The average molecular weight is 414 g/mol. The fourth-order valence-electron chi connectivity index (χ4n) is 4.39. The Morgan fingerprint density at radius 2 is 2.13 bits per heavy atom. The van der Waals surface area contributed by atoms with Crippen LogP contribution < -0.4 is 14.8 Å². The summed E-state index contributed by atoms with van der Waals surface area (Å²) in [4.78, 5) is 11.9. The summed E-state index contributed by atoms with van der Waals surface area (Å²) in [6, 6.07) is 10.7. The monoisotopic (exact) mass is 414 g/mol. The highest BCUT2D eigenvalue weighted by molar-refractivity contribution is 5.67. The van der Waals surface area contributed by atoms with Crippen LogP contribution in [0, 0.1) is 10.6 Å². The normalized spacial score (nSPS) is 27.1. The number of nitrogens with one attached hydrogen (secondary N) is 1. The Kier molecular flexibility index (Phi) is 5.07. The summed E-state index contributed by atoms with van der Waals surface area (Å²) < 4.78 is 18.7. The molecule has 1 aliphatic carbocycles. The predicted octanol–water partition coefficient (Wildman–Crippen LogP) is 2.50. The first-order valence-corrected chi connectivity index (χ1v) is 9.94. The molecule has 0 saturated heterocycles. The molecule has 0 radical (unpaired) electrons. The fraction of sp³-hybridized carbons (Fsp3) is 0.455. The number of amides is 1. The number of aromatic nitrogens is 1. The highest BCUT2D eigenvalue weighted by Crippen LogP contribution is 2.48. The molecule has 2 aromatic rings. The first-order chi connectivity index (χ1) is 14.2. The number of pyridine rings is 1. The van der Waals surface area contributed by atoms with Gasteiger partial charge in [-0.25, -0.2) is 4.79 Å². The molecule has 2 N–H and O–H groups in total. The third-order valence-corrected chi connectivity index (χ3v) is 5.64. The summed E-state index contributed by atoms with van der Waals surface area (Å²) in [5, 5.41) is 25.2. The molecule has 1 spiro atoms. The minimum atomic E-state index is -1.30. The van der Waals surface area contributed by atoms with Crippen LogP contribution in [0.5, 0.6) is 5.75 Å². The number of benzene rings is 1. The lowest BCUT2D eigenvalue weighted by molar-refractivity contribution is -0.593. The highest BCUT2D eigenvalue weighted by Gasteiger charge is 2.58. The van der Waals surface area contributed by atoms with Crippen LogP contribution in [0.2, 0.25) is 0 Å². The quantitative estimate of drug-likeness (QED) is 0.578. The van der Waals surface area contributed by atoms with Crippen molar-refractivity contribution in [3.05, 3.63) is 53.4 Å². The number of hydrogen-bond acceptors (Lipinski definition) is 6. The number of hydrogen-bond donors (Lipinski definition) is 2. The summed E-state index contributed by atoms with van der Waals surface area (Å²) in [6.45, 7) is 4.23. The molecule has 30 heavy (non-hydrogen) atoms. The molecule has 2 aliphatic rings. The molecule has 1 saturated carbocycles. The molecule has 0 unspecified atom stereocenters. The molecular formula is C22H26N2O6. The second-order valence-electron chi connectivity index (χ2n) is 8.63. The standard InChI is InChI=1S/C22H26N2O6/c1-21(2)11-17(25)19(29-20(26)23-3)22(13-21)28-12-15-10-14(7-8-18(15)30-22)16-6-4-5-9-24(16)27/h4-10,17,19,25H,11-13H2,1-3H3,(H,23,26)/t17-,19-,22-/m1/s1. The molecular weight excluding hydrogens is 388 g/mol. The van der Waals surface area contributed by atoms with E-state index in [0.29, 0.717) is 24.3 Å². The van der Waals surface area contributed by atoms with Crippen molar-refractivity contribution in [2.75, 3.05) is 7.05 Å². The fourth-order valence-corrected chi connectivity index (χ4v) is 4.39. The average Bonchev–Trinajstić information content (AvgIpc) is 2.70. The Balaban J connectivity index is 1.68. The Hall–Kier alpha value is -2.84. The highest BCUT2D eigenvalue weighted by atomic mass is 16.7. The Morgan fingerprint density at radius 3 is 2.87 bits per heavy atom. The van der Waals surface area contributed by atoms with Crippen molar-refractivity contribution in [2.24, 2.45) is 5.41 Å². The van der Waals surface area contributed by atoms with E-state index in [-0.39, 0.29) is 12.0 Å². The van der Waals surface area contributed by atoms with Gasteiger partial charge in [-0.1, -0.05) is 13.8 Å². The van der Waals surface area contributed by atoms with Crippen LogP contribution in [0.25, 0.3) is 11.3 Å². The van der Waals surface area contributed by atoms with Gasteiger partial charge < -0.3 is 29.8 Å². The van der Waals surface area contributed by atoms with Gasteiger partial charge in [-0.15, -0.1) is 0 Å². The maximum absolute atomic E-state index is 12.1. The van der Waals surface area contributed by atoms with Crippen LogP contribution >= 0.6 is 0 Å². The van der Waals surface area contributed by atoms with Gasteiger partial charge in [0.2, 0.25) is 5.69 Å². The molecule has 1 amide bonds. The third-order valence-electron chi connectivity index (χ3n) is 5.64. The number of alkyl carbamates (subject to hydrolysis) is 1. The lowest BCUT2D eigenvalue weighted by Crippen LogP contribution is -2.64. The van der Waals surface area contributed by atoms with Crippen LogP contribution in [0.1, 0.15) is 32.3 Å². The van der Waals surface area contributed by atoms with Crippen molar-refractivity contribution in [3.63, 3.8) is 0 Å². The zero-order valence-corrected chi connectivity index (χ0v) is 17.3. The Morgan fingerprint density at radius 1 is 1.33 bits per heavy atom. The van der Waals surface area contributed by atoms with Crippen LogP contribution in [-0.4, -0.2) is 36.2 Å². The van der Waals surface area contributed by atoms with Crippen molar-refractivity contribution in [1.82, 2.24) is 5.32 Å². The van der Waals surface area contributed by atoms with Crippen LogP contribution in [-0.2, 0) is 16.1 Å². The van der Waals surface area contributed by atoms with Gasteiger partial charge in [0.25, 0.3) is 5.79 Å². The SMILES string of the molecule is CNC(=O)O[C@@H]1[C@H](O)CC(C)(C)C[C@]12OCc1cc(-c3cccc[n+]3[O-])ccc1O2. The Bertz CT molecular complexity index is 962. The van der Waals surface area contributed by atoms with Crippen LogP contribution in [0.15, 0.2) is 42.6 Å². The molecule has 1 fully saturated rings. The predicted molar refractivity (Wildman–Crippen MR) is 107 cm³/mol. The summed E-state index contributed by atoms with van der Waals surface area (Å²) in [6.07, 6.45) is -0.225. The van der Waals surface area contributed by atoms with Gasteiger partial charge in [0.15, 0.2) is 12.3 Å². The summed E-state index contributed by atoms with van der Waals surface area (Å²) >= 11 is 0. The van der Waals surface area contributed by atoms with E-state index in [1.54, 1.807) is 30.3 Å². The van der Waals surface area contributed by atoms with Crippen molar-refractivity contribution in [1.29, 1.82) is 0 Å². The minimum absolute atomic E-state index is 0.200. The second kappa shape index (κ2) is 7.45. The lowest BCUT2D eigenvalue weighted by atomic mass is 9.71. The van der Waals surface area contributed by atoms with E-state index in [2.05, 4.69) is 5.32 Å². The van der Waals surface area contributed by atoms with Gasteiger partial charge in [0, 0.05) is 36.7 Å². The van der Waals surface area contributed by atoms with Gasteiger partial charge in [0.1, 0.15) is 5.75 Å². The summed E-state index contributed by atoms with van der Waals surface area (Å²) in [5.41, 5.74) is 1.77. The Labute approximate surface area is 175 Å². The van der Waals surface area contributed by atoms with E-state index >= 15 is 0 Å². The number of aliphatic hydroxyl groups excluding tert-OH is 1. The van der Waals surface area contributed by atoms with Gasteiger partial charge in [-0.3, -0.25) is 0 Å². The van der Waals surface area contributed by atoms with E-state index < -0.39 is 24.1 Å². The summed E-state index contributed by atoms with van der Waals surface area (Å²) in [7, 11) is 1.46. The van der Waals surface area contributed by atoms with Crippen molar-refractivity contribution >= 4 is 6.09 Å². The van der Waals surface area contributed by atoms with Gasteiger partial charge in [-0.05, 0) is 36.1 Å². The number of carbonyl (C=O) groups excluding carboxylic acids is 1. The molecule has 8 nitrogen and oxygen atoms in total. The second-order valence-corrected chi connectivity index (χ2v) is 8.63. The van der Waals surface area contributed by atoms with Gasteiger partial charge >= 0.3 is 6.09 Å². The van der Waals surface area contributed by atoms with Crippen LogP contribution in [0.4, 0.5) is 4.79 Å². The zero-order valence-electron chi connectivity index (χ0n) is 17.3.